The third-order valence-corrected chi connectivity index (χ3v) is 2.18. The average Bonchev–Trinajstić information content (AvgIpc) is 2.32. The van der Waals surface area contributed by atoms with Gasteiger partial charge < -0.3 is 19.6 Å². The van der Waals surface area contributed by atoms with Crippen molar-refractivity contribution in [2.75, 3.05) is 25.3 Å². The normalized spacial score (nSPS) is 14.2. The summed E-state index contributed by atoms with van der Waals surface area (Å²) in [7, 11) is 1.42. The standard InChI is InChI=1S/C9H9N3O5/c1-16-5-11-8(13)4-17-6-2-3-7(12(14)15)10-9(6)11/h2-3H,4-5H2,1H3. The van der Waals surface area contributed by atoms with Gasteiger partial charge in [-0.15, -0.1) is 0 Å². The minimum absolute atomic E-state index is 0.0244. The molecular formula is C9H9N3O5. The second-order valence-electron chi connectivity index (χ2n) is 3.28. The fraction of sp³-hybridized carbons (Fsp3) is 0.333. The van der Waals surface area contributed by atoms with E-state index in [9.17, 15) is 14.9 Å². The molecule has 0 fully saturated rings. The highest BCUT2D eigenvalue weighted by Crippen LogP contribution is 2.31. The molecule has 0 aromatic carbocycles. The maximum absolute atomic E-state index is 11.5. The largest absolute Gasteiger partial charge is 0.477 e. The molecular weight excluding hydrogens is 230 g/mol. The fourth-order valence-electron chi connectivity index (χ4n) is 1.43. The number of pyridine rings is 1. The van der Waals surface area contributed by atoms with Gasteiger partial charge in [0.15, 0.2) is 12.4 Å². The highest BCUT2D eigenvalue weighted by molar-refractivity contribution is 5.96. The van der Waals surface area contributed by atoms with E-state index in [1.807, 2.05) is 0 Å². The molecule has 2 rings (SSSR count). The highest BCUT2D eigenvalue weighted by Gasteiger charge is 2.31. The van der Waals surface area contributed by atoms with E-state index in [1.165, 1.54) is 24.1 Å². The molecule has 8 nitrogen and oxygen atoms in total. The molecule has 17 heavy (non-hydrogen) atoms. The molecule has 1 aliphatic heterocycles. The fourth-order valence-corrected chi connectivity index (χ4v) is 1.43. The molecule has 2 heterocycles. The first-order valence-corrected chi connectivity index (χ1v) is 4.71. The second kappa shape index (κ2) is 4.34. The van der Waals surface area contributed by atoms with E-state index in [0.29, 0.717) is 5.75 Å². The molecule has 8 heteroatoms. The number of nitro groups is 1. The Kier molecular flexibility index (Phi) is 2.88. The monoisotopic (exact) mass is 239 g/mol. The first-order valence-electron chi connectivity index (χ1n) is 4.71. The lowest BCUT2D eigenvalue weighted by Crippen LogP contribution is -2.40. The molecule has 0 radical (unpaired) electrons. The van der Waals surface area contributed by atoms with E-state index < -0.39 is 4.92 Å². The smallest absolute Gasteiger partial charge is 0.366 e. The van der Waals surface area contributed by atoms with E-state index in [2.05, 4.69) is 4.98 Å². The van der Waals surface area contributed by atoms with Crippen LogP contribution in [0.15, 0.2) is 12.1 Å². The third-order valence-electron chi connectivity index (χ3n) is 2.18. The van der Waals surface area contributed by atoms with Crippen molar-refractivity contribution in [3.05, 3.63) is 22.2 Å². The molecule has 1 amide bonds. The summed E-state index contributed by atoms with van der Waals surface area (Å²) in [6.45, 7) is -0.154. The number of aromatic nitrogens is 1. The molecule has 0 bridgehead atoms. The Hall–Kier alpha value is -2.22. The van der Waals surface area contributed by atoms with Gasteiger partial charge in [0.25, 0.3) is 11.7 Å². The second-order valence-corrected chi connectivity index (χ2v) is 3.28. The van der Waals surface area contributed by atoms with Crippen LogP contribution in [0.25, 0.3) is 0 Å². The lowest BCUT2D eigenvalue weighted by molar-refractivity contribution is -0.389. The van der Waals surface area contributed by atoms with E-state index in [1.54, 1.807) is 0 Å². The highest BCUT2D eigenvalue weighted by atomic mass is 16.6. The molecule has 0 aliphatic carbocycles. The summed E-state index contributed by atoms with van der Waals surface area (Å²) in [6, 6.07) is 2.63. The first kappa shape index (κ1) is 11.3. The van der Waals surface area contributed by atoms with Gasteiger partial charge in [-0.25, -0.2) is 4.90 Å². The maximum atomic E-state index is 11.5. The van der Waals surface area contributed by atoms with Crippen molar-refractivity contribution in [2.24, 2.45) is 0 Å². The SMILES string of the molecule is COCN1C(=O)COc2ccc([N+](=O)[O-])nc21. The third kappa shape index (κ3) is 2.02. The van der Waals surface area contributed by atoms with Gasteiger partial charge in [0.1, 0.15) is 6.73 Å². The number of carbonyl (C=O) groups is 1. The number of nitrogens with zero attached hydrogens (tertiary/aromatic N) is 3. The Labute approximate surface area is 95.9 Å². The van der Waals surface area contributed by atoms with Crippen LogP contribution < -0.4 is 9.64 Å². The van der Waals surface area contributed by atoms with Crippen molar-refractivity contribution < 1.29 is 19.2 Å². The number of hydrogen-bond donors (Lipinski definition) is 0. The molecule has 90 valence electrons. The Balaban J connectivity index is 2.44. The predicted molar refractivity (Wildman–Crippen MR) is 55.7 cm³/mol. The van der Waals surface area contributed by atoms with Crippen LogP contribution in [0.4, 0.5) is 11.6 Å². The summed E-state index contributed by atoms with van der Waals surface area (Å²) in [4.78, 5) is 26.5. The topological polar surface area (TPSA) is 94.8 Å². The summed E-state index contributed by atoms with van der Waals surface area (Å²) >= 11 is 0. The summed E-state index contributed by atoms with van der Waals surface area (Å²) in [5.74, 6) is -0.264. The minimum atomic E-state index is -0.635. The summed E-state index contributed by atoms with van der Waals surface area (Å²) < 4.78 is 9.96. The van der Waals surface area contributed by atoms with Gasteiger partial charge in [0, 0.05) is 13.2 Å². The average molecular weight is 239 g/mol. The van der Waals surface area contributed by atoms with Crippen LogP contribution in [0.3, 0.4) is 0 Å². The van der Waals surface area contributed by atoms with Gasteiger partial charge in [-0.05, 0) is 16.0 Å². The molecule has 1 aliphatic rings. The minimum Gasteiger partial charge on any atom is -0.477 e. The molecule has 0 atom stereocenters. The zero-order valence-electron chi connectivity index (χ0n) is 8.95. The molecule has 0 N–H and O–H groups in total. The van der Waals surface area contributed by atoms with Crippen LogP contribution in [0, 0.1) is 10.1 Å². The van der Waals surface area contributed by atoms with Crippen LogP contribution in [-0.2, 0) is 9.53 Å². The Morgan fingerprint density at radius 2 is 2.41 bits per heavy atom. The molecule has 1 aromatic rings. The summed E-state index contributed by atoms with van der Waals surface area (Å²) in [5, 5.41) is 10.6. The van der Waals surface area contributed by atoms with Crippen LogP contribution in [0.5, 0.6) is 5.75 Å². The van der Waals surface area contributed by atoms with Gasteiger partial charge in [0.05, 0.1) is 0 Å². The van der Waals surface area contributed by atoms with Crippen LogP contribution >= 0.6 is 0 Å². The lowest BCUT2D eigenvalue weighted by atomic mass is 10.3. The van der Waals surface area contributed by atoms with Crippen LogP contribution in [0.1, 0.15) is 0 Å². The summed E-state index contributed by atoms with van der Waals surface area (Å²) in [6.07, 6.45) is 0. The number of fused-ring (bicyclic) bond motifs is 1. The Morgan fingerprint density at radius 3 is 3.06 bits per heavy atom. The van der Waals surface area contributed by atoms with E-state index in [0.717, 1.165) is 0 Å². The van der Waals surface area contributed by atoms with Gasteiger partial charge in [-0.3, -0.25) is 4.79 Å². The number of rotatable bonds is 3. The van der Waals surface area contributed by atoms with Gasteiger partial charge in [-0.2, -0.15) is 0 Å². The van der Waals surface area contributed by atoms with E-state index in [-0.39, 0.29) is 30.9 Å². The van der Waals surface area contributed by atoms with Crippen molar-refractivity contribution in [3.8, 4) is 5.75 Å². The first-order chi connectivity index (χ1) is 8.13. The molecule has 0 saturated carbocycles. The Morgan fingerprint density at radius 1 is 1.65 bits per heavy atom. The predicted octanol–water partition coefficient (Wildman–Crippen LogP) is 0.319. The van der Waals surface area contributed by atoms with Gasteiger partial charge >= 0.3 is 5.82 Å². The zero-order valence-corrected chi connectivity index (χ0v) is 8.95. The van der Waals surface area contributed by atoms with E-state index in [4.69, 9.17) is 9.47 Å². The van der Waals surface area contributed by atoms with Gasteiger partial charge in [0.2, 0.25) is 0 Å². The number of hydrogen-bond acceptors (Lipinski definition) is 6. The molecule has 1 aromatic heterocycles. The summed E-state index contributed by atoms with van der Waals surface area (Å²) in [5.41, 5.74) is 0. The lowest BCUT2D eigenvalue weighted by Gasteiger charge is -2.24. The molecule has 0 unspecified atom stereocenters. The van der Waals surface area contributed by atoms with Gasteiger partial charge in [-0.1, -0.05) is 0 Å². The molecule has 0 saturated heterocycles. The van der Waals surface area contributed by atoms with Crippen molar-refractivity contribution in [3.63, 3.8) is 0 Å². The van der Waals surface area contributed by atoms with Crippen molar-refractivity contribution >= 4 is 17.5 Å². The van der Waals surface area contributed by atoms with E-state index >= 15 is 0 Å². The number of carbonyl (C=O) groups excluding carboxylic acids is 1. The number of anilines is 1. The zero-order chi connectivity index (χ0) is 12.4. The van der Waals surface area contributed by atoms with Crippen molar-refractivity contribution in [1.82, 2.24) is 4.98 Å². The van der Waals surface area contributed by atoms with Crippen LogP contribution in [-0.4, -0.2) is 36.3 Å². The number of methoxy groups -OCH3 is 1. The number of amides is 1. The van der Waals surface area contributed by atoms with Crippen molar-refractivity contribution in [1.29, 1.82) is 0 Å². The molecule has 0 spiro atoms. The Bertz CT molecular complexity index is 476. The van der Waals surface area contributed by atoms with Crippen molar-refractivity contribution in [2.45, 2.75) is 0 Å². The number of ether oxygens (including phenoxy) is 2. The quantitative estimate of drug-likeness (QED) is 0.556. The van der Waals surface area contributed by atoms with Crippen LogP contribution in [0.2, 0.25) is 0 Å². The maximum Gasteiger partial charge on any atom is 0.366 e.